The number of fused-ring (bicyclic) bond motifs is 2. The molecule has 1 aliphatic rings. The summed E-state index contributed by atoms with van der Waals surface area (Å²) in [7, 11) is 0. The van der Waals surface area contributed by atoms with E-state index < -0.39 is 0 Å². The molecule has 1 N–H and O–H groups in total. The molecule has 1 aromatic carbocycles. The summed E-state index contributed by atoms with van der Waals surface area (Å²) in [6, 6.07) is 13.5. The second-order valence-corrected chi connectivity index (χ2v) is 7.81. The predicted octanol–water partition coefficient (Wildman–Crippen LogP) is 3.65. The molecule has 2 aromatic heterocycles. The van der Waals surface area contributed by atoms with Crippen molar-refractivity contribution >= 4 is 5.65 Å². The Morgan fingerprint density at radius 2 is 1.90 bits per heavy atom. The quantitative estimate of drug-likeness (QED) is 0.717. The maximum Gasteiger partial charge on any atom is 0.258 e. The minimum atomic E-state index is -0.0541. The normalized spacial score (nSPS) is 14.8. The minimum absolute atomic E-state index is 0.0541. The molecule has 0 aliphatic carbocycles. The van der Waals surface area contributed by atoms with Crippen LogP contribution in [0.1, 0.15) is 43.3 Å². The third-order valence-electron chi connectivity index (χ3n) is 5.23. The standard InChI is InChI=1S/C23H27N3O3/c1-15(2)23(17-8-9-19-20(12-17)29-11-5-10-28-19)24-14-18-13-22(27)26-16(3)6-4-7-21(26)25-18/h4,6-9,12-13,15,23-24H,5,10-11,14H2,1-3H3/t23-/m1/s1. The summed E-state index contributed by atoms with van der Waals surface area (Å²) in [6.45, 7) is 8.12. The summed E-state index contributed by atoms with van der Waals surface area (Å²) < 4.78 is 13.2. The molecule has 3 aromatic rings. The lowest BCUT2D eigenvalue weighted by Gasteiger charge is -2.24. The molecule has 0 fully saturated rings. The Morgan fingerprint density at radius 1 is 1.10 bits per heavy atom. The number of nitrogens with zero attached hydrogens (tertiary/aromatic N) is 2. The number of rotatable bonds is 5. The van der Waals surface area contributed by atoms with Gasteiger partial charge in [-0.3, -0.25) is 9.20 Å². The summed E-state index contributed by atoms with van der Waals surface area (Å²) in [4.78, 5) is 17.2. The zero-order valence-electron chi connectivity index (χ0n) is 17.1. The molecule has 29 heavy (non-hydrogen) atoms. The average Bonchev–Trinajstić information content (AvgIpc) is 2.92. The molecule has 1 aliphatic heterocycles. The van der Waals surface area contributed by atoms with E-state index in [-0.39, 0.29) is 11.6 Å². The maximum absolute atomic E-state index is 12.5. The molecular weight excluding hydrogens is 366 g/mol. The molecule has 0 unspecified atom stereocenters. The average molecular weight is 393 g/mol. The SMILES string of the molecule is Cc1cccc2nc(CN[C@@H](c3ccc4c(c3)OCCCO4)C(C)C)cc(=O)n12. The second-order valence-electron chi connectivity index (χ2n) is 7.81. The number of pyridine rings is 1. The highest BCUT2D eigenvalue weighted by Crippen LogP contribution is 2.34. The molecule has 0 spiro atoms. The van der Waals surface area contributed by atoms with Crippen molar-refractivity contribution in [2.75, 3.05) is 13.2 Å². The van der Waals surface area contributed by atoms with Crippen LogP contribution in [0.5, 0.6) is 11.5 Å². The van der Waals surface area contributed by atoms with E-state index in [2.05, 4.69) is 36.3 Å². The number of benzene rings is 1. The van der Waals surface area contributed by atoms with Crippen molar-refractivity contribution in [2.45, 2.75) is 39.8 Å². The van der Waals surface area contributed by atoms with Gasteiger partial charge in [0.15, 0.2) is 11.5 Å². The molecule has 3 heterocycles. The van der Waals surface area contributed by atoms with Gasteiger partial charge in [-0.15, -0.1) is 0 Å². The topological polar surface area (TPSA) is 64.9 Å². The van der Waals surface area contributed by atoms with Crippen LogP contribution >= 0.6 is 0 Å². The molecule has 6 heteroatoms. The van der Waals surface area contributed by atoms with Crippen molar-refractivity contribution in [1.82, 2.24) is 14.7 Å². The van der Waals surface area contributed by atoms with Gasteiger partial charge in [0.05, 0.1) is 18.9 Å². The fraction of sp³-hybridized carbons (Fsp3) is 0.391. The summed E-state index contributed by atoms with van der Waals surface area (Å²) >= 11 is 0. The molecule has 152 valence electrons. The Morgan fingerprint density at radius 3 is 2.69 bits per heavy atom. The van der Waals surface area contributed by atoms with Crippen molar-refractivity contribution in [1.29, 1.82) is 0 Å². The molecule has 1 atom stereocenters. The van der Waals surface area contributed by atoms with Crippen LogP contribution in [0.15, 0.2) is 47.3 Å². The largest absolute Gasteiger partial charge is 0.490 e. The van der Waals surface area contributed by atoms with E-state index in [9.17, 15) is 4.79 Å². The van der Waals surface area contributed by atoms with E-state index in [4.69, 9.17) is 9.47 Å². The minimum Gasteiger partial charge on any atom is -0.490 e. The highest BCUT2D eigenvalue weighted by atomic mass is 16.5. The van der Waals surface area contributed by atoms with Crippen molar-refractivity contribution in [3.05, 3.63) is 69.8 Å². The van der Waals surface area contributed by atoms with E-state index >= 15 is 0 Å². The Kier molecular flexibility index (Phi) is 5.53. The summed E-state index contributed by atoms with van der Waals surface area (Å²) in [6.07, 6.45) is 0.887. The fourth-order valence-corrected chi connectivity index (χ4v) is 3.78. The van der Waals surface area contributed by atoms with Gasteiger partial charge in [0.2, 0.25) is 0 Å². The van der Waals surface area contributed by atoms with Crippen LogP contribution in [0.3, 0.4) is 0 Å². The van der Waals surface area contributed by atoms with Gasteiger partial charge in [0, 0.05) is 30.8 Å². The smallest absolute Gasteiger partial charge is 0.258 e. The number of aromatic nitrogens is 2. The molecular formula is C23H27N3O3. The zero-order chi connectivity index (χ0) is 20.4. The molecule has 0 radical (unpaired) electrons. The van der Waals surface area contributed by atoms with E-state index in [0.29, 0.717) is 31.3 Å². The first-order valence-corrected chi connectivity index (χ1v) is 10.1. The van der Waals surface area contributed by atoms with Gasteiger partial charge < -0.3 is 14.8 Å². The first-order chi connectivity index (χ1) is 14.0. The number of aryl methyl sites for hydroxylation is 1. The lowest BCUT2D eigenvalue weighted by Crippen LogP contribution is -2.27. The van der Waals surface area contributed by atoms with Crippen LogP contribution in [-0.4, -0.2) is 22.6 Å². The van der Waals surface area contributed by atoms with Crippen molar-refractivity contribution < 1.29 is 9.47 Å². The first-order valence-electron chi connectivity index (χ1n) is 10.1. The van der Waals surface area contributed by atoms with Gasteiger partial charge in [-0.25, -0.2) is 4.98 Å². The third-order valence-corrected chi connectivity index (χ3v) is 5.23. The first kappa shape index (κ1) is 19.5. The van der Waals surface area contributed by atoms with Crippen LogP contribution in [0, 0.1) is 12.8 Å². The van der Waals surface area contributed by atoms with Crippen molar-refractivity contribution in [3.8, 4) is 11.5 Å². The van der Waals surface area contributed by atoms with Crippen molar-refractivity contribution in [2.24, 2.45) is 5.92 Å². The van der Waals surface area contributed by atoms with Gasteiger partial charge in [-0.1, -0.05) is 26.0 Å². The fourth-order valence-electron chi connectivity index (χ4n) is 3.78. The third kappa shape index (κ3) is 4.12. The van der Waals surface area contributed by atoms with E-state index in [1.54, 1.807) is 10.5 Å². The molecule has 0 amide bonds. The second kappa shape index (κ2) is 8.25. The number of hydrogen-bond donors (Lipinski definition) is 1. The molecule has 0 saturated carbocycles. The highest BCUT2D eigenvalue weighted by molar-refractivity contribution is 5.44. The Hall–Kier alpha value is -2.86. The maximum atomic E-state index is 12.5. The van der Waals surface area contributed by atoms with Crippen LogP contribution in [0.4, 0.5) is 0 Å². The monoisotopic (exact) mass is 393 g/mol. The van der Waals surface area contributed by atoms with Crippen LogP contribution in [0.2, 0.25) is 0 Å². The molecule has 6 nitrogen and oxygen atoms in total. The number of hydrogen-bond acceptors (Lipinski definition) is 5. The summed E-state index contributed by atoms with van der Waals surface area (Å²) in [5, 5.41) is 3.57. The molecule has 4 rings (SSSR count). The van der Waals surface area contributed by atoms with Crippen LogP contribution < -0.4 is 20.3 Å². The van der Waals surface area contributed by atoms with E-state index in [1.165, 1.54) is 0 Å². The highest BCUT2D eigenvalue weighted by Gasteiger charge is 2.19. The van der Waals surface area contributed by atoms with E-state index in [0.717, 1.165) is 34.9 Å². The van der Waals surface area contributed by atoms with Gasteiger partial charge in [-0.2, -0.15) is 0 Å². The van der Waals surface area contributed by atoms with Gasteiger partial charge in [0.1, 0.15) is 5.65 Å². The van der Waals surface area contributed by atoms with Crippen LogP contribution in [0.25, 0.3) is 5.65 Å². The van der Waals surface area contributed by atoms with Gasteiger partial charge in [0.25, 0.3) is 5.56 Å². The lowest BCUT2D eigenvalue weighted by atomic mass is 9.95. The van der Waals surface area contributed by atoms with Crippen molar-refractivity contribution in [3.63, 3.8) is 0 Å². The van der Waals surface area contributed by atoms with Crippen LogP contribution in [-0.2, 0) is 6.54 Å². The van der Waals surface area contributed by atoms with E-state index in [1.807, 2.05) is 31.2 Å². The van der Waals surface area contributed by atoms with Gasteiger partial charge in [-0.05, 0) is 42.7 Å². The Bertz CT molecular complexity index is 1070. The Labute approximate surface area is 170 Å². The summed E-state index contributed by atoms with van der Waals surface area (Å²) in [5.41, 5.74) is 3.37. The molecule has 0 saturated heterocycles. The Balaban J connectivity index is 1.58. The number of nitrogens with one attached hydrogen (secondary N) is 1. The van der Waals surface area contributed by atoms with Gasteiger partial charge >= 0.3 is 0 Å². The summed E-state index contributed by atoms with van der Waals surface area (Å²) in [5.74, 6) is 1.95. The lowest BCUT2D eigenvalue weighted by molar-refractivity contribution is 0.296. The molecule has 0 bridgehead atoms. The zero-order valence-corrected chi connectivity index (χ0v) is 17.1. The predicted molar refractivity (Wildman–Crippen MR) is 113 cm³/mol. The number of ether oxygens (including phenoxy) is 2.